The Bertz CT molecular complexity index is 561. The molecule has 2 aromatic rings. The summed E-state index contributed by atoms with van der Waals surface area (Å²) >= 11 is 1.16. The molecular weight excluding hydrogens is 256 g/mol. The van der Waals surface area contributed by atoms with Crippen LogP contribution in [-0.2, 0) is 16.2 Å². The Kier molecular flexibility index (Phi) is 3.53. The summed E-state index contributed by atoms with van der Waals surface area (Å²) in [7, 11) is 0. The number of carbonyl (C=O) groups excluding carboxylic acids is 1. The fourth-order valence-electron chi connectivity index (χ4n) is 1.14. The fraction of sp³-hybridized carbons (Fsp3) is 0.111. The third-order valence-corrected chi connectivity index (χ3v) is 2.57. The molecule has 0 fully saturated rings. The molecule has 0 bridgehead atoms. The predicted molar refractivity (Wildman–Crippen MR) is 64.5 cm³/mol. The summed E-state index contributed by atoms with van der Waals surface area (Å²) in [6.07, 6.45) is 3.21. The van der Waals surface area contributed by atoms with E-state index in [4.69, 9.17) is 16.3 Å². The van der Waals surface area contributed by atoms with Crippen LogP contribution in [-0.4, -0.2) is 26.6 Å². The van der Waals surface area contributed by atoms with Gasteiger partial charge in [-0.3, -0.25) is 10.5 Å². The van der Waals surface area contributed by atoms with Gasteiger partial charge >= 0.3 is 0 Å². The van der Waals surface area contributed by atoms with Gasteiger partial charge in [0.1, 0.15) is 11.5 Å². The van der Waals surface area contributed by atoms with E-state index in [0.29, 0.717) is 11.0 Å². The van der Waals surface area contributed by atoms with Crippen molar-refractivity contribution >= 4 is 28.1 Å². The van der Waals surface area contributed by atoms with Crippen molar-refractivity contribution in [2.75, 3.05) is 5.73 Å². The molecule has 0 saturated heterocycles. The second-order valence-electron chi connectivity index (χ2n) is 3.15. The molecule has 0 atom stereocenters. The second-order valence-corrected chi connectivity index (χ2v) is 4.04. The zero-order valence-corrected chi connectivity index (χ0v) is 9.90. The van der Waals surface area contributed by atoms with E-state index in [1.54, 1.807) is 12.4 Å². The van der Waals surface area contributed by atoms with Gasteiger partial charge in [-0.1, -0.05) is 5.16 Å². The van der Waals surface area contributed by atoms with Crippen molar-refractivity contribution in [3.8, 4) is 0 Å². The number of nitrogens with one attached hydrogen (secondary N) is 2. The molecule has 1 amide bonds. The number of oxime groups is 1. The Hall–Kier alpha value is -2.42. The number of hydrogen-bond acceptors (Lipinski definition) is 7. The summed E-state index contributed by atoms with van der Waals surface area (Å²) in [5.74, 6) is -0.423. The minimum atomic E-state index is -0.986. The smallest absolute Gasteiger partial charge is 0.294 e. The first-order valence-electron chi connectivity index (χ1n) is 4.82. The van der Waals surface area contributed by atoms with Crippen LogP contribution < -0.4 is 11.5 Å². The number of thiazole rings is 1. The molecule has 2 heterocycles. The maximum absolute atomic E-state index is 11.1. The molecule has 4 N–H and O–H groups in total. The number of nitrogens with zero attached hydrogens (tertiary/aromatic N) is 3. The van der Waals surface area contributed by atoms with Gasteiger partial charge in [0.2, 0.25) is 0 Å². The van der Waals surface area contributed by atoms with Gasteiger partial charge in [-0.05, 0) is 0 Å². The van der Waals surface area contributed by atoms with Gasteiger partial charge in [-0.2, -0.15) is 0 Å². The highest BCUT2D eigenvalue weighted by Crippen LogP contribution is 2.12. The number of aromatic nitrogens is 3. The molecular formula is C9H9N6O2S. The molecule has 0 aliphatic rings. The van der Waals surface area contributed by atoms with Crippen LogP contribution in [0, 0.1) is 0 Å². The Labute approximate surface area is 106 Å². The van der Waals surface area contributed by atoms with Crippen molar-refractivity contribution in [2.45, 2.75) is 6.61 Å². The highest BCUT2D eigenvalue weighted by molar-refractivity contribution is 7.13. The Morgan fingerprint density at radius 1 is 1.67 bits per heavy atom. The normalized spacial score (nSPS) is 11.4. The first-order chi connectivity index (χ1) is 8.66. The van der Waals surface area contributed by atoms with E-state index in [1.807, 2.05) is 0 Å². The monoisotopic (exact) mass is 265 g/mol. The number of nitrogen functional groups attached to an aromatic ring is 1. The first kappa shape index (κ1) is 12.0. The third kappa shape index (κ3) is 2.83. The summed E-state index contributed by atoms with van der Waals surface area (Å²) < 4.78 is 0. The molecule has 0 spiro atoms. The van der Waals surface area contributed by atoms with Crippen LogP contribution in [0.2, 0.25) is 0 Å². The Morgan fingerprint density at radius 3 is 3.06 bits per heavy atom. The zero-order valence-electron chi connectivity index (χ0n) is 9.08. The van der Waals surface area contributed by atoms with Crippen molar-refractivity contribution in [3.63, 3.8) is 0 Å². The minimum Gasteiger partial charge on any atom is -0.387 e. The van der Waals surface area contributed by atoms with E-state index in [9.17, 15) is 4.79 Å². The average Bonchev–Trinajstić information content (AvgIpc) is 2.95. The molecule has 93 valence electrons. The summed E-state index contributed by atoms with van der Waals surface area (Å²) in [6, 6.07) is 0. The average molecular weight is 265 g/mol. The zero-order chi connectivity index (χ0) is 13.0. The quantitative estimate of drug-likeness (QED) is 0.588. The SMILES string of the molecule is [NH]C(=O)C(=NOCc1ncc[nH]1)c1csc(N)n1. The van der Waals surface area contributed by atoms with E-state index in [1.165, 1.54) is 5.38 Å². The molecule has 0 aliphatic carbocycles. The summed E-state index contributed by atoms with van der Waals surface area (Å²) in [4.78, 5) is 26.6. The number of H-pyrrole nitrogens is 1. The van der Waals surface area contributed by atoms with Gasteiger partial charge < -0.3 is 15.6 Å². The third-order valence-electron chi connectivity index (χ3n) is 1.89. The molecule has 2 aromatic heterocycles. The van der Waals surface area contributed by atoms with E-state index >= 15 is 0 Å². The van der Waals surface area contributed by atoms with E-state index in [0.717, 1.165) is 11.3 Å². The first-order valence-corrected chi connectivity index (χ1v) is 5.70. The highest BCUT2D eigenvalue weighted by atomic mass is 32.1. The van der Waals surface area contributed by atoms with Gasteiger partial charge in [0.15, 0.2) is 17.5 Å². The van der Waals surface area contributed by atoms with Gasteiger partial charge in [0.05, 0.1) is 0 Å². The fourth-order valence-corrected chi connectivity index (χ4v) is 1.68. The van der Waals surface area contributed by atoms with Crippen molar-refractivity contribution in [3.05, 3.63) is 29.3 Å². The van der Waals surface area contributed by atoms with Crippen molar-refractivity contribution in [2.24, 2.45) is 5.16 Å². The molecule has 0 aliphatic heterocycles. The van der Waals surface area contributed by atoms with Crippen LogP contribution >= 0.6 is 11.3 Å². The molecule has 2 rings (SSSR count). The largest absolute Gasteiger partial charge is 0.387 e. The highest BCUT2D eigenvalue weighted by Gasteiger charge is 2.15. The molecule has 1 radical (unpaired) electrons. The number of nitrogens with two attached hydrogens (primary N) is 1. The lowest BCUT2D eigenvalue weighted by molar-refractivity contribution is -0.112. The molecule has 0 saturated carbocycles. The van der Waals surface area contributed by atoms with Crippen LogP contribution in [0.5, 0.6) is 0 Å². The molecule has 0 aromatic carbocycles. The van der Waals surface area contributed by atoms with Crippen LogP contribution in [0.25, 0.3) is 0 Å². The Balaban J connectivity index is 2.08. The Morgan fingerprint density at radius 2 is 2.50 bits per heavy atom. The van der Waals surface area contributed by atoms with Gasteiger partial charge in [0, 0.05) is 17.8 Å². The topological polar surface area (TPSA) is 130 Å². The number of amides is 1. The molecule has 8 nitrogen and oxygen atoms in total. The van der Waals surface area contributed by atoms with E-state index < -0.39 is 5.91 Å². The van der Waals surface area contributed by atoms with Crippen LogP contribution in [0.1, 0.15) is 11.5 Å². The lowest BCUT2D eigenvalue weighted by Gasteiger charge is -1.99. The maximum atomic E-state index is 11.1. The minimum absolute atomic E-state index is 0.0728. The number of hydrogen-bond donors (Lipinski definition) is 2. The van der Waals surface area contributed by atoms with E-state index in [2.05, 4.69) is 20.1 Å². The standard InChI is InChI=1S/C9H9N6O2S/c10-8(16)7(5-4-18-9(11)14-5)15-17-3-6-12-1-2-13-6/h1-2,4,10H,3H2,(H2,11,14)(H,12,13). The van der Waals surface area contributed by atoms with Crippen LogP contribution in [0.3, 0.4) is 0 Å². The molecule has 18 heavy (non-hydrogen) atoms. The van der Waals surface area contributed by atoms with E-state index in [-0.39, 0.29) is 18.0 Å². The number of anilines is 1. The van der Waals surface area contributed by atoms with Gasteiger partial charge in [-0.25, -0.2) is 9.97 Å². The van der Waals surface area contributed by atoms with Crippen LogP contribution in [0.4, 0.5) is 5.13 Å². The van der Waals surface area contributed by atoms with Crippen LogP contribution in [0.15, 0.2) is 22.9 Å². The van der Waals surface area contributed by atoms with Crippen molar-refractivity contribution in [1.82, 2.24) is 20.7 Å². The number of aromatic amines is 1. The van der Waals surface area contributed by atoms with Crippen molar-refractivity contribution < 1.29 is 9.63 Å². The summed E-state index contributed by atoms with van der Waals surface area (Å²) in [5, 5.41) is 5.42. The number of imidazole rings is 1. The summed E-state index contributed by atoms with van der Waals surface area (Å²) in [6.45, 7) is 0.0728. The number of carbonyl (C=O) groups is 1. The second kappa shape index (κ2) is 5.27. The van der Waals surface area contributed by atoms with Gasteiger partial charge in [-0.15, -0.1) is 11.3 Å². The lowest BCUT2D eigenvalue weighted by Crippen LogP contribution is -2.17. The number of rotatable bonds is 5. The lowest BCUT2D eigenvalue weighted by atomic mass is 10.3. The summed E-state index contributed by atoms with van der Waals surface area (Å²) in [5.41, 5.74) is 12.6. The maximum Gasteiger partial charge on any atom is 0.294 e. The molecule has 9 heteroatoms. The van der Waals surface area contributed by atoms with Crippen molar-refractivity contribution in [1.29, 1.82) is 0 Å². The van der Waals surface area contributed by atoms with Gasteiger partial charge in [0.25, 0.3) is 5.91 Å². The molecule has 0 unspecified atom stereocenters. The predicted octanol–water partition coefficient (Wildman–Crippen LogP) is 0.179.